The third-order valence-electron chi connectivity index (χ3n) is 3.12. The average molecular weight is 299 g/mol. The molecule has 0 fully saturated rings. The molecular weight excluding hydrogens is 286 g/mol. The highest BCUT2D eigenvalue weighted by molar-refractivity contribution is 7.15. The topological polar surface area (TPSA) is 63.5 Å². The van der Waals surface area contributed by atoms with Crippen LogP contribution in [0.15, 0.2) is 46.8 Å². The number of hydrogen-bond donors (Lipinski definition) is 1. The lowest BCUT2D eigenvalue weighted by molar-refractivity contribution is 0.0949. The zero-order valence-electron chi connectivity index (χ0n) is 11.4. The molecule has 5 nitrogen and oxygen atoms in total. The second-order valence-electron chi connectivity index (χ2n) is 4.70. The van der Waals surface area contributed by atoms with Gasteiger partial charge in [-0.2, -0.15) is 0 Å². The van der Waals surface area contributed by atoms with Gasteiger partial charge >= 0.3 is 0 Å². The van der Waals surface area contributed by atoms with Crippen LogP contribution in [-0.4, -0.2) is 15.3 Å². The summed E-state index contributed by atoms with van der Waals surface area (Å²) >= 11 is 1.35. The summed E-state index contributed by atoms with van der Waals surface area (Å²) < 4.78 is 1.38. The van der Waals surface area contributed by atoms with E-state index in [2.05, 4.69) is 10.3 Å². The first kappa shape index (κ1) is 13.5. The molecular formula is C15H13N3O2S. The molecule has 1 aromatic carbocycles. The molecule has 0 aliphatic heterocycles. The Balaban J connectivity index is 1.81. The molecule has 0 spiro atoms. The number of benzene rings is 1. The summed E-state index contributed by atoms with van der Waals surface area (Å²) in [7, 11) is 0. The van der Waals surface area contributed by atoms with Crippen molar-refractivity contribution in [1.29, 1.82) is 0 Å². The molecule has 1 N–H and O–H groups in total. The molecule has 0 aliphatic carbocycles. The number of hydrogen-bond acceptors (Lipinski definition) is 4. The van der Waals surface area contributed by atoms with Crippen molar-refractivity contribution in [2.45, 2.75) is 13.5 Å². The minimum atomic E-state index is -0.408. The van der Waals surface area contributed by atoms with Crippen molar-refractivity contribution in [3.8, 4) is 0 Å². The van der Waals surface area contributed by atoms with Crippen LogP contribution in [0.4, 0.5) is 0 Å². The maximum atomic E-state index is 12.2. The van der Waals surface area contributed by atoms with Crippen molar-refractivity contribution in [2.75, 3.05) is 0 Å². The van der Waals surface area contributed by atoms with Gasteiger partial charge in [0, 0.05) is 24.3 Å². The Labute approximate surface area is 124 Å². The summed E-state index contributed by atoms with van der Waals surface area (Å²) in [5, 5.41) is 4.51. The Kier molecular flexibility index (Phi) is 3.53. The molecule has 0 radical (unpaired) electrons. The van der Waals surface area contributed by atoms with Crippen LogP contribution in [0.2, 0.25) is 0 Å². The van der Waals surface area contributed by atoms with E-state index in [1.807, 2.05) is 31.2 Å². The van der Waals surface area contributed by atoms with Crippen LogP contribution < -0.4 is 10.9 Å². The number of fused-ring (bicyclic) bond motifs is 1. The minimum Gasteiger partial charge on any atom is -0.348 e. The van der Waals surface area contributed by atoms with E-state index in [1.54, 1.807) is 11.6 Å². The standard InChI is InChI=1S/C15H13N3O2S/c1-10-3-2-4-11(7-10)8-16-13(19)12-9-17-15-18(14(12)20)5-6-21-15/h2-7,9H,8H2,1H3,(H,16,19). The fourth-order valence-corrected chi connectivity index (χ4v) is 2.76. The van der Waals surface area contributed by atoms with Gasteiger partial charge in [0.1, 0.15) is 5.56 Å². The second-order valence-corrected chi connectivity index (χ2v) is 5.58. The highest BCUT2D eigenvalue weighted by atomic mass is 32.1. The predicted octanol–water partition coefficient (Wildman–Crippen LogP) is 1.99. The van der Waals surface area contributed by atoms with E-state index in [1.165, 1.54) is 21.9 Å². The van der Waals surface area contributed by atoms with Gasteiger partial charge < -0.3 is 5.32 Å². The highest BCUT2D eigenvalue weighted by Gasteiger charge is 2.13. The first-order valence-corrected chi connectivity index (χ1v) is 7.32. The van der Waals surface area contributed by atoms with Crippen molar-refractivity contribution in [1.82, 2.24) is 14.7 Å². The molecule has 0 saturated carbocycles. The summed E-state index contributed by atoms with van der Waals surface area (Å²) in [5.41, 5.74) is 1.83. The highest BCUT2D eigenvalue weighted by Crippen LogP contribution is 2.06. The van der Waals surface area contributed by atoms with Gasteiger partial charge in [0.15, 0.2) is 4.96 Å². The summed E-state index contributed by atoms with van der Waals surface area (Å²) in [6.07, 6.45) is 2.95. The summed E-state index contributed by atoms with van der Waals surface area (Å²) in [6.45, 7) is 2.37. The van der Waals surface area contributed by atoms with E-state index < -0.39 is 5.91 Å². The number of thiazole rings is 1. The van der Waals surface area contributed by atoms with Crippen LogP contribution in [0.5, 0.6) is 0 Å². The van der Waals surface area contributed by atoms with Crippen molar-refractivity contribution >= 4 is 22.2 Å². The molecule has 0 unspecified atom stereocenters. The largest absolute Gasteiger partial charge is 0.348 e. The molecule has 3 aromatic rings. The van der Waals surface area contributed by atoms with Crippen molar-refractivity contribution in [2.24, 2.45) is 0 Å². The number of nitrogens with one attached hydrogen (secondary N) is 1. The lowest BCUT2D eigenvalue weighted by Gasteiger charge is -2.05. The fraction of sp³-hybridized carbons (Fsp3) is 0.133. The van der Waals surface area contributed by atoms with E-state index in [0.717, 1.165) is 11.1 Å². The lowest BCUT2D eigenvalue weighted by atomic mass is 10.1. The smallest absolute Gasteiger partial charge is 0.271 e. The fourth-order valence-electron chi connectivity index (χ4n) is 2.08. The maximum Gasteiger partial charge on any atom is 0.271 e. The third kappa shape index (κ3) is 2.71. The number of carbonyl (C=O) groups excluding carboxylic acids is 1. The Hall–Kier alpha value is -2.47. The van der Waals surface area contributed by atoms with E-state index in [-0.39, 0.29) is 11.1 Å². The zero-order valence-corrected chi connectivity index (χ0v) is 12.2. The van der Waals surface area contributed by atoms with Crippen LogP contribution in [0.25, 0.3) is 4.96 Å². The molecule has 0 bridgehead atoms. The first-order chi connectivity index (χ1) is 10.1. The first-order valence-electron chi connectivity index (χ1n) is 6.44. The van der Waals surface area contributed by atoms with E-state index in [9.17, 15) is 9.59 Å². The number of rotatable bonds is 3. The SMILES string of the molecule is Cc1cccc(CNC(=O)c2cnc3sccn3c2=O)c1. The van der Waals surface area contributed by atoms with Crippen LogP contribution in [0.1, 0.15) is 21.5 Å². The summed E-state index contributed by atoms with van der Waals surface area (Å²) in [4.78, 5) is 29.0. The van der Waals surface area contributed by atoms with Gasteiger partial charge in [0.2, 0.25) is 0 Å². The van der Waals surface area contributed by atoms with Crippen molar-refractivity contribution in [3.63, 3.8) is 0 Å². The molecule has 21 heavy (non-hydrogen) atoms. The monoisotopic (exact) mass is 299 g/mol. The van der Waals surface area contributed by atoms with Crippen LogP contribution in [0.3, 0.4) is 0 Å². The van der Waals surface area contributed by atoms with Crippen LogP contribution in [-0.2, 0) is 6.54 Å². The Morgan fingerprint density at radius 1 is 1.43 bits per heavy atom. The molecule has 1 amide bonds. The molecule has 3 rings (SSSR count). The molecule has 106 valence electrons. The minimum absolute atomic E-state index is 0.0542. The zero-order chi connectivity index (χ0) is 14.8. The summed E-state index contributed by atoms with van der Waals surface area (Å²) in [5.74, 6) is -0.408. The Morgan fingerprint density at radius 2 is 2.29 bits per heavy atom. The third-order valence-corrected chi connectivity index (χ3v) is 3.89. The van der Waals surface area contributed by atoms with Gasteiger partial charge in [0.25, 0.3) is 11.5 Å². The number of carbonyl (C=O) groups is 1. The molecule has 6 heteroatoms. The Morgan fingerprint density at radius 3 is 3.10 bits per heavy atom. The normalized spacial score (nSPS) is 10.7. The van der Waals surface area contributed by atoms with E-state index in [4.69, 9.17) is 0 Å². The quantitative estimate of drug-likeness (QED) is 0.804. The van der Waals surface area contributed by atoms with Gasteiger partial charge in [-0.05, 0) is 12.5 Å². The predicted molar refractivity (Wildman–Crippen MR) is 81.7 cm³/mol. The lowest BCUT2D eigenvalue weighted by Crippen LogP contribution is -2.30. The molecule has 0 aliphatic rings. The van der Waals surface area contributed by atoms with E-state index in [0.29, 0.717) is 11.5 Å². The average Bonchev–Trinajstić information content (AvgIpc) is 2.95. The Bertz CT molecular complexity index is 866. The summed E-state index contributed by atoms with van der Waals surface area (Å²) in [6, 6.07) is 7.85. The molecule has 2 aromatic heterocycles. The number of aryl methyl sites for hydroxylation is 1. The van der Waals surface area contributed by atoms with E-state index >= 15 is 0 Å². The second kappa shape index (κ2) is 5.49. The number of aromatic nitrogens is 2. The number of amides is 1. The van der Waals surface area contributed by atoms with Crippen LogP contribution in [0, 0.1) is 6.92 Å². The van der Waals surface area contributed by atoms with Gasteiger partial charge in [-0.3, -0.25) is 14.0 Å². The molecule has 0 atom stereocenters. The van der Waals surface area contributed by atoms with Gasteiger partial charge in [-0.15, -0.1) is 11.3 Å². The maximum absolute atomic E-state index is 12.2. The van der Waals surface area contributed by atoms with Gasteiger partial charge in [-0.25, -0.2) is 4.98 Å². The van der Waals surface area contributed by atoms with Crippen LogP contribution >= 0.6 is 11.3 Å². The molecule has 0 saturated heterocycles. The van der Waals surface area contributed by atoms with Gasteiger partial charge in [-0.1, -0.05) is 29.8 Å². The van der Waals surface area contributed by atoms with Crippen molar-refractivity contribution in [3.05, 3.63) is 69.1 Å². The molecule has 2 heterocycles. The number of nitrogens with zero attached hydrogens (tertiary/aromatic N) is 2. The van der Waals surface area contributed by atoms with Crippen molar-refractivity contribution < 1.29 is 4.79 Å². The van der Waals surface area contributed by atoms with Gasteiger partial charge in [0.05, 0.1) is 0 Å².